The summed E-state index contributed by atoms with van der Waals surface area (Å²) in [5, 5.41) is 4.93. The molecule has 0 saturated heterocycles. The lowest BCUT2D eigenvalue weighted by molar-refractivity contribution is 0.244. The lowest BCUT2D eigenvalue weighted by Gasteiger charge is -2.20. The fraction of sp³-hybridized carbons (Fsp3) is 0.190. The first-order chi connectivity index (χ1) is 12.8. The first kappa shape index (κ1) is 15.2. The summed E-state index contributed by atoms with van der Waals surface area (Å²) in [6.07, 6.45) is 7.84. The van der Waals surface area contributed by atoms with Crippen LogP contribution in [0.25, 0.3) is 16.9 Å². The molecule has 130 valence electrons. The highest BCUT2D eigenvalue weighted by molar-refractivity contribution is 5.67. The Hall–Kier alpha value is -3.05. The summed E-state index contributed by atoms with van der Waals surface area (Å²) in [5.74, 6) is 0. The normalized spacial score (nSPS) is 14.0. The van der Waals surface area contributed by atoms with E-state index in [2.05, 4.69) is 47.1 Å². The lowest BCUT2D eigenvalue weighted by Crippen LogP contribution is -2.22. The topological polar surface area (TPSA) is 39.1 Å². The Kier molecular flexibility index (Phi) is 3.53. The van der Waals surface area contributed by atoms with Gasteiger partial charge in [-0.2, -0.15) is 5.10 Å². The fourth-order valence-corrected chi connectivity index (χ4v) is 3.70. The second-order valence-corrected chi connectivity index (χ2v) is 6.85. The van der Waals surface area contributed by atoms with Crippen molar-refractivity contribution in [3.8, 4) is 16.9 Å². The summed E-state index contributed by atoms with van der Waals surface area (Å²) >= 11 is 0. The highest BCUT2D eigenvalue weighted by Crippen LogP contribution is 2.33. The molecule has 4 heterocycles. The van der Waals surface area contributed by atoms with Crippen molar-refractivity contribution in [1.29, 1.82) is 0 Å². The van der Waals surface area contributed by atoms with Crippen LogP contribution in [0.2, 0.25) is 0 Å². The van der Waals surface area contributed by atoms with E-state index in [0.717, 1.165) is 31.0 Å². The van der Waals surface area contributed by atoms with E-state index in [4.69, 9.17) is 9.52 Å². The van der Waals surface area contributed by atoms with E-state index in [1.54, 1.807) is 6.26 Å². The van der Waals surface area contributed by atoms with Gasteiger partial charge >= 0.3 is 0 Å². The zero-order valence-corrected chi connectivity index (χ0v) is 14.7. The van der Waals surface area contributed by atoms with Crippen LogP contribution in [0.4, 0.5) is 0 Å². The van der Waals surface area contributed by atoms with Gasteiger partial charge in [0.15, 0.2) is 0 Å². The summed E-state index contributed by atoms with van der Waals surface area (Å²) in [4.78, 5) is 2.44. The molecular formula is C21H20N4O. The molecule has 4 aromatic rings. The minimum Gasteiger partial charge on any atom is -0.472 e. The Balaban J connectivity index is 1.59. The second kappa shape index (κ2) is 6.04. The minimum absolute atomic E-state index is 0.858. The van der Waals surface area contributed by atoms with Crippen LogP contribution in [0, 0.1) is 0 Å². The van der Waals surface area contributed by atoms with E-state index in [1.165, 1.54) is 22.4 Å². The van der Waals surface area contributed by atoms with Gasteiger partial charge in [-0.05, 0) is 24.3 Å². The number of aryl methyl sites for hydroxylation is 1. The molecular weight excluding hydrogens is 324 g/mol. The van der Waals surface area contributed by atoms with E-state index >= 15 is 0 Å². The number of hydrogen-bond donors (Lipinski definition) is 0. The summed E-state index contributed by atoms with van der Waals surface area (Å²) in [6, 6.07) is 14.5. The first-order valence-electron chi connectivity index (χ1n) is 8.80. The minimum atomic E-state index is 0.858. The number of para-hydroxylation sites is 1. The zero-order chi connectivity index (χ0) is 17.5. The quantitative estimate of drug-likeness (QED) is 0.564. The van der Waals surface area contributed by atoms with Gasteiger partial charge in [0.1, 0.15) is 0 Å². The van der Waals surface area contributed by atoms with E-state index in [0.29, 0.717) is 0 Å². The molecule has 0 saturated carbocycles. The van der Waals surface area contributed by atoms with E-state index < -0.39 is 0 Å². The molecule has 0 fully saturated rings. The summed E-state index contributed by atoms with van der Waals surface area (Å²) in [7, 11) is 2.11. The van der Waals surface area contributed by atoms with Crippen LogP contribution in [0.5, 0.6) is 0 Å². The number of aromatic nitrogens is 3. The Morgan fingerprint density at radius 2 is 1.96 bits per heavy atom. The molecule has 5 rings (SSSR count). The van der Waals surface area contributed by atoms with Crippen molar-refractivity contribution in [2.75, 3.05) is 0 Å². The number of rotatable bonds is 3. The van der Waals surface area contributed by atoms with Gasteiger partial charge in [0.2, 0.25) is 0 Å². The van der Waals surface area contributed by atoms with Gasteiger partial charge in [0.05, 0.1) is 23.9 Å². The second-order valence-electron chi connectivity index (χ2n) is 6.85. The fourth-order valence-electron chi connectivity index (χ4n) is 3.70. The molecule has 0 spiro atoms. The monoisotopic (exact) mass is 344 g/mol. The number of hydrogen-bond acceptors (Lipinski definition) is 3. The predicted octanol–water partition coefficient (Wildman–Crippen LogP) is 3.99. The average molecular weight is 344 g/mol. The van der Waals surface area contributed by atoms with Crippen molar-refractivity contribution < 1.29 is 4.42 Å². The van der Waals surface area contributed by atoms with E-state index in [9.17, 15) is 0 Å². The van der Waals surface area contributed by atoms with Gasteiger partial charge in [-0.1, -0.05) is 18.2 Å². The van der Waals surface area contributed by atoms with E-state index in [-0.39, 0.29) is 0 Å². The van der Waals surface area contributed by atoms with Gasteiger partial charge in [0, 0.05) is 61.5 Å². The van der Waals surface area contributed by atoms with Crippen molar-refractivity contribution in [3.05, 3.63) is 84.2 Å². The molecule has 0 amide bonds. The van der Waals surface area contributed by atoms with Crippen molar-refractivity contribution in [1.82, 2.24) is 19.2 Å². The third-order valence-corrected chi connectivity index (χ3v) is 5.02. The zero-order valence-electron chi connectivity index (χ0n) is 14.7. The van der Waals surface area contributed by atoms with Gasteiger partial charge in [-0.25, -0.2) is 4.68 Å². The average Bonchev–Trinajstić information content (AvgIpc) is 3.37. The smallest absolute Gasteiger partial charge is 0.0991 e. The van der Waals surface area contributed by atoms with Crippen molar-refractivity contribution in [2.24, 2.45) is 7.05 Å². The van der Waals surface area contributed by atoms with E-state index in [1.807, 2.05) is 35.2 Å². The molecule has 26 heavy (non-hydrogen) atoms. The third-order valence-electron chi connectivity index (χ3n) is 5.02. The Morgan fingerprint density at radius 3 is 2.77 bits per heavy atom. The molecule has 1 aromatic carbocycles. The molecule has 0 atom stereocenters. The van der Waals surface area contributed by atoms with Gasteiger partial charge < -0.3 is 8.98 Å². The lowest BCUT2D eigenvalue weighted by atomic mass is 10.1. The third kappa shape index (κ3) is 2.57. The molecule has 0 bridgehead atoms. The summed E-state index contributed by atoms with van der Waals surface area (Å²) < 4.78 is 9.44. The predicted molar refractivity (Wildman–Crippen MR) is 99.6 cm³/mol. The Morgan fingerprint density at radius 1 is 1.08 bits per heavy atom. The number of benzene rings is 1. The molecule has 0 radical (unpaired) electrons. The number of nitrogens with zero attached hydrogens (tertiary/aromatic N) is 4. The van der Waals surface area contributed by atoms with Gasteiger partial charge in [-0.15, -0.1) is 0 Å². The maximum Gasteiger partial charge on any atom is 0.0991 e. The van der Waals surface area contributed by atoms with Crippen molar-refractivity contribution >= 4 is 0 Å². The van der Waals surface area contributed by atoms with Gasteiger partial charge in [-0.3, -0.25) is 4.90 Å². The molecule has 0 unspecified atom stereocenters. The van der Waals surface area contributed by atoms with Crippen LogP contribution in [0.3, 0.4) is 0 Å². The largest absolute Gasteiger partial charge is 0.472 e. The van der Waals surface area contributed by atoms with Gasteiger partial charge in [0.25, 0.3) is 0 Å². The summed E-state index contributed by atoms with van der Waals surface area (Å²) in [5.41, 5.74) is 7.14. The SMILES string of the molecule is Cn1ccc2c1CN(Cc1ccoc1)Cc1cn(-c3ccccc3)nc1-2. The summed E-state index contributed by atoms with van der Waals surface area (Å²) in [6.45, 7) is 2.62. The van der Waals surface area contributed by atoms with Crippen LogP contribution < -0.4 is 0 Å². The highest BCUT2D eigenvalue weighted by atomic mass is 16.3. The molecule has 5 heteroatoms. The first-order valence-corrected chi connectivity index (χ1v) is 8.80. The molecule has 0 aliphatic carbocycles. The Bertz CT molecular complexity index is 1030. The number of furan rings is 1. The Labute approximate surface area is 152 Å². The van der Waals surface area contributed by atoms with Crippen LogP contribution >= 0.6 is 0 Å². The van der Waals surface area contributed by atoms with Crippen LogP contribution in [-0.2, 0) is 26.7 Å². The standard InChI is InChI=1S/C21H20N4O/c1-23-9-7-19-20(23)14-24(11-16-8-10-26-15-16)12-17-13-25(22-21(17)19)18-5-3-2-4-6-18/h2-10,13,15H,11-12,14H2,1H3. The van der Waals surface area contributed by atoms with Crippen LogP contribution in [0.1, 0.15) is 16.8 Å². The maximum atomic E-state index is 5.25. The molecule has 1 aliphatic rings. The maximum absolute atomic E-state index is 5.25. The number of fused-ring (bicyclic) bond motifs is 3. The van der Waals surface area contributed by atoms with Crippen molar-refractivity contribution in [2.45, 2.75) is 19.6 Å². The van der Waals surface area contributed by atoms with Crippen LogP contribution in [0.15, 0.2) is 71.8 Å². The molecule has 1 aliphatic heterocycles. The molecule has 0 N–H and O–H groups in total. The molecule has 3 aromatic heterocycles. The van der Waals surface area contributed by atoms with Crippen molar-refractivity contribution in [3.63, 3.8) is 0 Å². The highest BCUT2D eigenvalue weighted by Gasteiger charge is 2.25. The van der Waals surface area contributed by atoms with Crippen LogP contribution in [-0.4, -0.2) is 19.2 Å². The molecule has 5 nitrogen and oxygen atoms in total.